The Balaban J connectivity index is 0.00000242. The summed E-state index contributed by atoms with van der Waals surface area (Å²) in [6, 6.07) is 8.16. The lowest BCUT2D eigenvalue weighted by atomic mass is 10.1. The minimum absolute atomic E-state index is 0. The summed E-state index contributed by atoms with van der Waals surface area (Å²) in [6.45, 7) is 5.83. The highest BCUT2D eigenvalue weighted by atomic mass is 35.5. The van der Waals surface area contributed by atoms with Crippen molar-refractivity contribution in [1.82, 2.24) is 9.80 Å². The van der Waals surface area contributed by atoms with Gasteiger partial charge in [0.05, 0.1) is 19.3 Å². The quantitative estimate of drug-likeness (QED) is 0.877. The number of carbonyl (C=O) groups excluding carboxylic acids is 1. The summed E-state index contributed by atoms with van der Waals surface area (Å²) in [6.07, 6.45) is 0.0493. The lowest BCUT2D eigenvalue weighted by Gasteiger charge is -2.32. The van der Waals surface area contributed by atoms with Gasteiger partial charge in [0.2, 0.25) is 5.91 Å². The van der Waals surface area contributed by atoms with Gasteiger partial charge in [0, 0.05) is 33.2 Å². The van der Waals surface area contributed by atoms with E-state index in [4.69, 9.17) is 10.5 Å². The number of carbonyl (C=O) groups is 1. The van der Waals surface area contributed by atoms with Gasteiger partial charge in [-0.25, -0.2) is 0 Å². The van der Waals surface area contributed by atoms with Crippen LogP contribution in [0.25, 0.3) is 0 Å². The van der Waals surface area contributed by atoms with E-state index >= 15 is 0 Å². The normalized spacial score (nSPS) is 18.6. The van der Waals surface area contributed by atoms with Crippen LogP contribution in [0.1, 0.15) is 11.1 Å². The molecule has 22 heavy (non-hydrogen) atoms. The van der Waals surface area contributed by atoms with Crippen molar-refractivity contribution < 1.29 is 9.53 Å². The molecule has 2 N–H and O–H groups in total. The molecule has 2 rings (SSSR count). The second-order valence-corrected chi connectivity index (χ2v) is 5.64. The van der Waals surface area contributed by atoms with Crippen LogP contribution in [-0.2, 0) is 16.1 Å². The van der Waals surface area contributed by atoms with Crippen LogP contribution in [0.3, 0.4) is 0 Å². The Morgan fingerprint density at radius 3 is 2.86 bits per heavy atom. The third kappa shape index (κ3) is 5.25. The maximum absolute atomic E-state index is 12.3. The maximum Gasteiger partial charge on any atom is 0.236 e. The monoisotopic (exact) mass is 327 g/mol. The fourth-order valence-corrected chi connectivity index (χ4v) is 2.51. The van der Waals surface area contributed by atoms with Crippen molar-refractivity contribution in [3.05, 3.63) is 35.4 Å². The second-order valence-electron chi connectivity index (χ2n) is 5.64. The van der Waals surface area contributed by atoms with Crippen LogP contribution in [0, 0.1) is 6.92 Å². The van der Waals surface area contributed by atoms with Crippen LogP contribution >= 0.6 is 12.4 Å². The van der Waals surface area contributed by atoms with E-state index in [-0.39, 0.29) is 24.4 Å². The summed E-state index contributed by atoms with van der Waals surface area (Å²) in [5.41, 5.74) is 8.03. The van der Waals surface area contributed by atoms with Crippen molar-refractivity contribution in [2.24, 2.45) is 5.73 Å². The molecule has 0 radical (unpaired) electrons. The predicted molar refractivity (Wildman–Crippen MR) is 90.1 cm³/mol. The molecule has 0 bridgehead atoms. The molecule has 5 nitrogen and oxygen atoms in total. The second kappa shape index (κ2) is 9.10. The van der Waals surface area contributed by atoms with E-state index in [1.54, 1.807) is 4.90 Å². The van der Waals surface area contributed by atoms with Crippen molar-refractivity contribution >= 4 is 18.3 Å². The van der Waals surface area contributed by atoms with Crippen LogP contribution in [-0.4, -0.2) is 61.6 Å². The largest absolute Gasteiger partial charge is 0.374 e. The van der Waals surface area contributed by atoms with Crippen LogP contribution in [0.2, 0.25) is 0 Å². The number of nitrogens with zero attached hydrogens (tertiary/aromatic N) is 2. The highest BCUT2D eigenvalue weighted by Crippen LogP contribution is 2.10. The molecule has 0 spiro atoms. The molecule has 124 valence electrons. The summed E-state index contributed by atoms with van der Waals surface area (Å²) < 4.78 is 5.52. The van der Waals surface area contributed by atoms with E-state index < -0.39 is 0 Å². The van der Waals surface area contributed by atoms with Gasteiger partial charge in [0.25, 0.3) is 0 Å². The molecule has 1 aromatic carbocycles. The average Bonchev–Trinajstić information content (AvgIpc) is 2.49. The Morgan fingerprint density at radius 2 is 2.18 bits per heavy atom. The molecule has 0 aliphatic carbocycles. The summed E-state index contributed by atoms with van der Waals surface area (Å²) in [5, 5.41) is 0. The third-order valence-corrected chi connectivity index (χ3v) is 3.94. The summed E-state index contributed by atoms with van der Waals surface area (Å²) in [4.78, 5) is 16.2. The van der Waals surface area contributed by atoms with Gasteiger partial charge in [-0.1, -0.05) is 24.3 Å². The predicted octanol–water partition coefficient (Wildman–Crippen LogP) is 1.03. The standard InChI is InChI=1S/C16H25N3O2.ClH/c1-13-5-3-4-6-14(13)10-18(2)16(20)12-19-7-8-21-15(9-17)11-19;/h3-6,15H,7-12,17H2,1-2H3;1H. The smallest absolute Gasteiger partial charge is 0.236 e. The molecule has 1 aromatic rings. The van der Waals surface area contributed by atoms with Crippen molar-refractivity contribution in [1.29, 1.82) is 0 Å². The Kier molecular flexibility index (Phi) is 7.82. The average molecular weight is 328 g/mol. The van der Waals surface area contributed by atoms with Gasteiger partial charge in [-0.05, 0) is 18.1 Å². The number of ether oxygens (including phenoxy) is 1. The first kappa shape index (κ1) is 18.9. The molecule has 1 aliphatic rings. The van der Waals surface area contributed by atoms with Crippen LogP contribution in [0.4, 0.5) is 0 Å². The number of nitrogens with two attached hydrogens (primary N) is 1. The first-order valence-electron chi connectivity index (χ1n) is 7.42. The molecule has 1 aliphatic heterocycles. The van der Waals surface area contributed by atoms with Crippen molar-refractivity contribution in [2.75, 3.05) is 39.8 Å². The van der Waals surface area contributed by atoms with Gasteiger partial charge < -0.3 is 15.4 Å². The Morgan fingerprint density at radius 1 is 1.45 bits per heavy atom. The number of halogens is 1. The van der Waals surface area contributed by atoms with Crippen molar-refractivity contribution in [3.8, 4) is 0 Å². The van der Waals surface area contributed by atoms with Crippen LogP contribution < -0.4 is 5.73 Å². The Hall–Kier alpha value is -1.14. The highest BCUT2D eigenvalue weighted by molar-refractivity contribution is 5.85. The zero-order chi connectivity index (χ0) is 15.2. The fourth-order valence-electron chi connectivity index (χ4n) is 2.51. The number of likely N-dealkylation sites (N-methyl/N-ethyl adjacent to an activating group) is 1. The molecule has 1 saturated heterocycles. The van der Waals surface area contributed by atoms with E-state index in [1.807, 2.05) is 19.2 Å². The number of hydrogen-bond donors (Lipinski definition) is 1. The number of rotatable bonds is 5. The van der Waals surface area contributed by atoms with Crippen molar-refractivity contribution in [3.63, 3.8) is 0 Å². The van der Waals surface area contributed by atoms with E-state index in [9.17, 15) is 4.79 Å². The maximum atomic E-state index is 12.3. The number of aryl methyl sites for hydroxylation is 1. The minimum atomic E-state index is 0. The molecular weight excluding hydrogens is 302 g/mol. The topological polar surface area (TPSA) is 58.8 Å². The van der Waals surface area contributed by atoms with E-state index in [2.05, 4.69) is 24.0 Å². The lowest BCUT2D eigenvalue weighted by molar-refractivity contribution is -0.133. The van der Waals surface area contributed by atoms with Gasteiger partial charge in [-0.2, -0.15) is 0 Å². The number of morpholine rings is 1. The summed E-state index contributed by atoms with van der Waals surface area (Å²) in [7, 11) is 1.86. The zero-order valence-corrected chi connectivity index (χ0v) is 14.1. The number of hydrogen-bond acceptors (Lipinski definition) is 4. The molecule has 6 heteroatoms. The van der Waals surface area contributed by atoms with Crippen LogP contribution in [0.5, 0.6) is 0 Å². The van der Waals surface area contributed by atoms with E-state index in [0.717, 1.165) is 13.1 Å². The van der Waals surface area contributed by atoms with Crippen LogP contribution in [0.15, 0.2) is 24.3 Å². The fraction of sp³-hybridized carbons (Fsp3) is 0.562. The molecular formula is C16H26ClN3O2. The lowest BCUT2D eigenvalue weighted by Crippen LogP contribution is -2.49. The van der Waals surface area contributed by atoms with Gasteiger partial charge in [-0.3, -0.25) is 9.69 Å². The zero-order valence-electron chi connectivity index (χ0n) is 13.3. The van der Waals surface area contributed by atoms with E-state index in [1.165, 1.54) is 11.1 Å². The first-order valence-corrected chi connectivity index (χ1v) is 7.42. The summed E-state index contributed by atoms with van der Waals surface area (Å²) in [5.74, 6) is 0.135. The van der Waals surface area contributed by atoms with Gasteiger partial charge in [-0.15, -0.1) is 12.4 Å². The Bertz CT molecular complexity index is 484. The van der Waals surface area contributed by atoms with Gasteiger partial charge in [0.15, 0.2) is 0 Å². The third-order valence-electron chi connectivity index (χ3n) is 3.94. The molecule has 1 atom stereocenters. The molecule has 0 saturated carbocycles. The number of benzene rings is 1. The van der Waals surface area contributed by atoms with Gasteiger partial charge >= 0.3 is 0 Å². The molecule has 0 aromatic heterocycles. The minimum Gasteiger partial charge on any atom is -0.374 e. The SMILES string of the molecule is Cc1ccccc1CN(C)C(=O)CN1CCOC(CN)C1.Cl. The highest BCUT2D eigenvalue weighted by Gasteiger charge is 2.22. The molecule has 1 unspecified atom stereocenters. The van der Waals surface area contributed by atoms with Crippen molar-refractivity contribution in [2.45, 2.75) is 19.6 Å². The number of amides is 1. The Labute approximate surface area is 138 Å². The van der Waals surface area contributed by atoms with Gasteiger partial charge in [0.1, 0.15) is 0 Å². The molecule has 1 heterocycles. The summed E-state index contributed by atoms with van der Waals surface area (Å²) >= 11 is 0. The first-order chi connectivity index (χ1) is 10.1. The molecule has 1 fully saturated rings. The molecule has 1 amide bonds. The van der Waals surface area contributed by atoms with E-state index in [0.29, 0.717) is 26.2 Å².